The molecule has 0 aliphatic heterocycles. The van der Waals surface area contributed by atoms with Crippen molar-refractivity contribution < 1.29 is 4.79 Å². The molecule has 0 fully saturated rings. The van der Waals surface area contributed by atoms with Crippen molar-refractivity contribution >= 4 is 34.9 Å². The van der Waals surface area contributed by atoms with Crippen LogP contribution in [0.4, 0.5) is 5.82 Å². The van der Waals surface area contributed by atoms with Crippen LogP contribution in [-0.2, 0) is 4.79 Å². The summed E-state index contributed by atoms with van der Waals surface area (Å²) in [6.45, 7) is 5.51. The highest BCUT2D eigenvalue weighted by Gasteiger charge is 2.21. The lowest BCUT2D eigenvalue weighted by molar-refractivity contribution is -0.123. The molecule has 0 unspecified atom stereocenters. The number of nitrogens with zero attached hydrogens (tertiary/aromatic N) is 2. The van der Waals surface area contributed by atoms with Gasteiger partial charge in [0.2, 0.25) is 5.91 Å². The van der Waals surface area contributed by atoms with Crippen molar-refractivity contribution in [2.24, 2.45) is 5.41 Å². The molecule has 0 bridgehead atoms. The Hall–Kier alpha value is -1.65. The van der Waals surface area contributed by atoms with Crippen LogP contribution in [0, 0.1) is 5.41 Å². The van der Waals surface area contributed by atoms with Crippen molar-refractivity contribution in [2.75, 3.05) is 5.32 Å². The Labute approximate surface area is 133 Å². The lowest BCUT2D eigenvalue weighted by atomic mass is 9.96. The summed E-state index contributed by atoms with van der Waals surface area (Å²) in [7, 11) is 0. The first-order valence-electron chi connectivity index (χ1n) is 6.36. The Morgan fingerprint density at radius 3 is 2.43 bits per heavy atom. The van der Waals surface area contributed by atoms with Gasteiger partial charge in [0.05, 0.1) is 15.7 Å². The number of amides is 1. The van der Waals surface area contributed by atoms with E-state index in [1.165, 1.54) is 6.33 Å². The summed E-state index contributed by atoms with van der Waals surface area (Å²) in [6.07, 6.45) is 1.40. The Bertz CT molecular complexity index is 681. The van der Waals surface area contributed by atoms with Gasteiger partial charge in [-0.2, -0.15) is 0 Å². The van der Waals surface area contributed by atoms with Crippen LogP contribution in [0.5, 0.6) is 0 Å². The normalized spacial score (nSPS) is 11.3. The fraction of sp³-hybridized carbons (Fsp3) is 0.267. The van der Waals surface area contributed by atoms with Gasteiger partial charge in [-0.25, -0.2) is 9.97 Å². The first kappa shape index (κ1) is 15.7. The Morgan fingerprint density at radius 1 is 1.10 bits per heavy atom. The van der Waals surface area contributed by atoms with Crippen molar-refractivity contribution in [1.29, 1.82) is 0 Å². The fourth-order valence-corrected chi connectivity index (χ4v) is 1.84. The van der Waals surface area contributed by atoms with Crippen molar-refractivity contribution in [3.8, 4) is 11.3 Å². The number of carbonyl (C=O) groups is 1. The van der Waals surface area contributed by atoms with Gasteiger partial charge in [0.15, 0.2) is 0 Å². The standard InChI is InChI=1S/C15H15Cl2N3O/c1-15(2,3)14(21)20-13-7-12(18-8-19-13)9-4-5-10(16)11(17)6-9/h4-8H,1-3H3,(H,18,19,20,21). The van der Waals surface area contributed by atoms with E-state index < -0.39 is 5.41 Å². The molecule has 6 heteroatoms. The smallest absolute Gasteiger partial charge is 0.230 e. The van der Waals surface area contributed by atoms with Crippen LogP contribution in [0.25, 0.3) is 11.3 Å². The number of anilines is 1. The molecule has 2 rings (SSSR count). The van der Waals surface area contributed by atoms with Gasteiger partial charge in [-0.15, -0.1) is 0 Å². The Morgan fingerprint density at radius 2 is 1.81 bits per heavy atom. The topological polar surface area (TPSA) is 54.9 Å². The molecule has 0 spiro atoms. The van der Waals surface area contributed by atoms with Crippen LogP contribution in [-0.4, -0.2) is 15.9 Å². The molecule has 1 heterocycles. The van der Waals surface area contributed by atoms with Gasteiger partial charge >= 0.3 is 0 Å². The third kappa shape index (κ3) is 3.93. The van der Waals surface area contributed by atoms with Crippen LogP contribution in [0.1, 0.15) is 20.8 Å². The van der Waals surface area contributed by atoms with E-state index in [4.69, 9.17) is 23.2 Å². The molecule has 0 atom stereocenters. The quantitative estimate of drug-likeness (QED) is 0.889. The summed E-state index contributed by atoms with van der Waals surface area (Å²) >= 11 is 11.9. The molecule has 1 aromatic heterocycles. The molecular formula is C15H15Cl2N3O. The molecule has 2 aromatic rings. The molecule has 4 nitrogen and oxygen atoms in total. The monoisotopic (exact) mass is 323 g/mol. The molecular weight excluding hydrogens is 309 g/mol. The van der Waals surface area contributed by atoms with Gasteiger partial charge in [-0.3, -0.25) is 4.79 Å². The zero-order chi connectivity index (χ0) is 15.6. The van der Waals surface area contributed by atoms with E-state index in [2.05, 4.69) is 15.3 Å². The van der Waals surface area contributed by atoms with Crippen molar-refractivity contribution in [2.45, 2.75) is 20.8 Å². The summed E-state index contributed by atoms with van der Waals surface area (Å²) in [5.74, 6) is 0.340. The molecule has 110 valence electrons. The number of rotatable bonds is 2. The highest BCUT2D eigenvalue weighted by molar-refractivity contribution is 6.42. The maximum absolute atomic E-state index is 12.0. The fourth-order valence-electron chi connectivity index (χ4n) is 1.54. The first-order valence-corrected chi connectivity index (χ1v) is 7.12. The van der Waals surface area contributed by atoms with E-state index in [0.717, 1.165) is 5.56 Å². The van der Waals surface area contributed by atoms with E-state index in [9.17, 15) is 4.79 Å². The maximum Gasteiger partial charge on any atom is 0.230 e. The minimum atomic E-state index is -0.491. The Balaban J connectivity index is 2.29. The third-order valence-electron chi connectivity index (χ3n) is 2.81. The molecule has 0 radical (unpaired) electrons. The highest BCUT2D eigenvalue weighted by Crippen LogP contribution is 2.28. The number of hydrogen-bond acceptors (Lipinski definition) is 3. The average Bonchev–Trinajstić information content (AvgIpc) is 2.41. The van der Waals surface area contributed by atoms with Crippen LogP contribution in [0.15, 0.2) is 30.6 Å². The molecule has 0 saturated carbocycles. The number of carbonyl (C=O) groups excluding carboxylic acids is 1. The minimum Gasteiger partial charge on any atom is -0.310 e. The van der Waals surface area contributed by atoms with Crippen LogP contribution >= 0.6 is 23.2 Å². The van der Waals surface area contributed by atoms with Gasteiger partial charge < -0.3 is 5.32 Å². The zero-order valence-corrected chi connectivity index (χ0v) is 13.5. The van der Waals surface area contributed by atoms with E-state index in [1.807, 2.05) is 26.8 Å². The second kappa shape index (κ2) is 6.00. The average molecular weight is 324 g/mol. The number of halogens is 2. The SMILES string of the molecule is CC(C)(C)C(=O)Nc1cc(-c2ccc(Cl)c(Cl)c2)ncn1. The summed E-state index contributed by atoms with van der Waals surface area (Å²) in [5, 5.41) is 3.70. The number of hydrogen-bond donors (Lipinski definition) is 1. The molecule has 0 aliphatic carbocycles. The Kier molecular flexibility index (Phi) is 4.49. The largest absolute Gasteiger partial charge is 0.310 e. The molecule has 1 amide bonds. The predicted octanol–water partition coefficient (Wildman–Crippen LogP) is 4.44. The van der Waals surface area contributed by atoms with Gasteiger partial charge in [0.25, 0.3) is 0 Å². The van der Waals surface area contributed by atoms with Gasteiger partial charge in [0.1, 0.15) is 12.1 Å². The second-order valence-electron chi connectivity index (χ2n) is 5.62. The summed E-state index contributed by atoms with van der Waals surface area (Å²) in [6, 6.07) is 6.94. The lowest BCUT2D eigenvalue weighted by Crippen LogP contribution is -2.28. The lowest BCUT2D eigenvalue weighted by Gasteiger charge is -2.17. The van der Waals surface area contributed by atoms with Crippen LogP contribution in [0.2, 0.25) is 10.0 Å². The number of nitrogens with one attached hydrogen (secondary N) is 1. The maximum atomic E-state index is 12.0. The van der Waals surface area contributed by atoms with Crippen LogP contribution < -0.4 is 5.32 Å². The van der Waals surface area contributed by atoms with Crippen LogP contribution in [0.3, 0.4) is 0 Å². The summed E-state index contributed by atoms with van der Waals surface area (Å²) in [4.78, 5) is 20.2. The van der Waals surface area contributed by atoms with Crippen molar-refractivity contribution in [3.63, 3.8) is 0 Å². The van der Waals surface area contributed by atoms with E-state index in [0.29, 0.717) is 21.6 Å². The molecule has 0 aliphatic rings. The highest BCUT2D eigenvalue weighted by atomic mass is 35.5. The summed E-state index contributed by atoms with van der Waals surface area (Å²) < 4.78 is 0. The predicted molar refractivity (Wildman–Crippen MR) is 85.6 cm³/mol. The van der Waals surface area contributed by atoms with E-state index >= 15 is 0 Å². The number of benzene rings is 1. The minimum absolute atomic E-state index is 0.110. The molecule has 21 heavy (non-hydrogen) atoms. The summed E-state index contributed by atoms with van der Waals surface area (Å²) in [5.41, 5.74) is 0.972. The first-order chi connectivity index (χ1) is 9.77. The number of aromatic nitrogens is 2. The third-order valence-corrected chi connectivity index (χ3v) is 3.54. The van der Waals surface area contributed by atoms with Crippen molar-refractivity contribution in [1.82, 2.24) is 9.97 Å². The molecule has 0 saturated heterocycles. The van der Waals surface area contributed by atoms with Gasteiger partial charge in [0, 0.05) is 17.0 Å². The zero-order valence-electron chi connectivity index (χ0n) is 11.9. The second-order valence-corrected chi connectivity index (χ2v) is 6.44. The van der Waals surface area contributed by atoms with Gasteiger partial charge in [-0.05, 0) is 12.1 Å². The van der Waals surface area contributed by atoms with E-state index in [1.54, 1.807) is 18.2 Å². The van der Waals surface area contributed by atoms with Crippen molar-refractivity contribution in [3.05, 3.63) is 40.6 Å². The molecule has 1 aromatic carbocycles. The molecule has 1 N–H and O–H groups in total. The van der Waals surface area contributed by atoms with Gasteiger partial charge in [-0.1, -0.05) is 50.0 Å². The van der Waals surface area contributed by atoms with E-state index in [-0.39, 0.29) is 5.91 Å².